The first-order chi connectivity index (χ1) is 7.58. The predicted octanol–water partition coefficient (Wildman–Crippen LogP) is 1.84. The summed E-state index contributed by atoms with van der Waals surface area (Å²) >= 11 is 0. The van der Waals surface area contributed by atoms with Crippen molar-refractivity contribution in [2.75, 3.05) is 0 Å². The van der Waals surface area contributed by atoms with Crippen molar-refractivity contribution in [1.29, 1.82) is 0 Å². The first kappa shape index (κ1) is 10.6. The lowest BCUT2D eigenvalue weighted by atomic mass is 9.98. The number of aromatic amines is 1. The van der Waals surface area contributed by atoms with Gasteiger partial charge in [0.25, 0.3) is 0 Å². The molecule has 0 aliphatic carbocycles. The van der Waals surface area contributed by atoms with E-state index in [0.29, 0.717) is 5.65 Å². The molecular weight excluding hydrogens is 206 g/mol. The zero-order valence-electron chi connectivity index (χ0n) is 9.19. The number of hydrogen-bond donors (Lipinski definition) is 2. The second-order valence-corrected chi connectivity index (χ2v) is 3.92. The number of nitrogens with one attached hydrogen (secondary N) is 1. The number of carboxylic acids is 1. The summed E-state index contributed by atoms with van der Waals surface area (Å²) in [5, 5.41) is 8.78. The number of hydrogen-bond acceptors (Lipinski definition) is 3. The Balaban J connectivity index is 2.47. The van der Waals surface area contributed by atoms with Gasteiger partial charge in [-0.2, -0.15) is 0 Å². The standard InChI is InChI=1S/C11H13N3O2/c1-6(5-9(15)16)8-3-4-12-11-10(8)13-7(2)14-11/h3-4,6H,5H2,1-2H3,(H,15,16)(H,12,13,14). The summed E-state index contributed by atoms with van der Waals surface area (Å²) in [6, 6.07) is 1.84. The SMILES string of the molecule is Cc1nc2nccc(C(C)CC(=O)O)c2[nH]1. The van der Waals surface area contributed by atoms with Crippen LogP contribution in [-0.4, -0.2) is 26.0 Å². The molecule has 2 rings (SSSR count). The average Bonchev–Trinajstić information content (AvgIpc) is 2.55. The molecule has 2 N–H and O–H groups in total. The molecule has 0 radical (unpaired) electrons. The Morgan fingerprint density at radius 3 is 3.06 bits per heavy atom. The number of H-pyrrole nitrogens is 1. The molecule has 0 aliphatic heterocycles. The molecule has 5 nitrogen and oxygen atoms in total. The molecule has 0 fully saturated rings. The topological polar surface area (TPSA) is 78.9 Å². The third-order valence-corrected chi connectivity index (χ3v) is 2.55. The highest BCUT2D eigenvalue weighted by Crippen LogP contribution is 2.24. The van der Waals surface area contributed by atoms with Crippen LogP contribution < -0.4 is 0 Å². The van der Waals surface area contributed by atoms with E-state index in [1.54, 1.807) is 6.20 Å². The molecule has 84 valence electrons. The van der Waals surface area contributed by atoms with Crippen LogP contribution in [0.25, 0.3) is 11.2 Å². The summed E-state index contributed by atoms with van der Waals surface area (Å²) in [6.45, 7) is 3.74. The van der Waals surface area contributed by atoms with Crippen molar-refractivity contribution in [3.05, 3.63) is 23.7 Å². The minimum Gasteiger partial charge on any atom is -0.481 e. The molecule has 2 heterocycles. The van der Waals surface area contributed by atoms with Crippen LogP contribution >= 0.6 is 0 Å². The van der Waals surface area contributed by atoms with Crippen LogP contribution in [-0.2, 0) is 4.79 Å². The maximum absolute atomic E-state index is 10.7. The van der Waals surface area contributed by atoms with Crippen molar-refractivity contribution in [2.24, 2.45) is 0 Å². The molecule has 1 unspecified atom stereocenters. The van der Waals surface area contributed by atoms with Crippen LogP contribution in [0, 0.1) is 6.92 Å². The van der Waals surface area contributed by atoms with Gasteiger partial charge in [-0.3, -0.25) is 4.79 Å². The molecule has 0 spiro atoms. The number of imidazole rings is 1. The van der Waals surface area contributed by atoms with Crippen LogP contribution in [0.2, 0.25) is 0 Å². The fourth-order valence-electron chi connectivity index (χ4n) is 1.83. The minimum atomic E-state index is -0.798. The second-order valence-electron chi connectivity index (χ2n) is 3.92. The van der Waals surface area contributed by atoms with Gasteiger partial charge in [-0.1, -0.05) is 6.92 Å². The summed E-state index contributed by atoms with van der Waals surface area (Å²) in [4.78, 5) is 22.2. The van der Waals surface area contributed by atoms with E-state index in [-0.39, 0.29) is 12.3 Å². The summed E-state index contributed by atoms with van der Waals surface area (Å²) in [6.07, 6.45) is 1.77. The Hall–Kier alpha value is -1.91. The van der Waals surface area contributed by atoms with Gasteiger partial charge in [-0.25, -0.2) is 9.97 Å². The molecule has 0 saturated heterocycles. The number of aromatic nitrogens is 3. The molecule has 5 heteroatoms. The molecule has 2 aromatic rings. The summed E-state index contributed by atoms with van der Waals surface area (Å²) < 4.78 is 0. The number of aryl methyl sites for hydroxylation is 1. The van der Waals surface area contributed by atoms with Crippen LogP contribution in [0.15, 0.2) is 12.3 Å². The lowest BCUT2D eigenvalue weighted by Gasteiger charge is -2.09. The van der Waals surface area contributed by atoms with Gasteiger partial charge >= 0.3 is 5.97 Å². The zero-order valence-corrected chi connectivity index (χ0v) is 9.19. The molecule has 0 saturated carbocycles. The number of aliphatic carboxylic acids is 1. The lowest BCUT2D eigenvalue weighted by molar-refractivity contribution is -0.137. The van der Waals surface area contributed by atoms with Crippen LogP contribution in [0.3, 0.4) is 0 Å². The molecule has 0 aliphatic rings. The van der Waals surface area contributed by atoms with Crippen LogP contribution in [0.1, 0.15) is 30.7 Å². The molecule has 0 bridgehead atoms. The van der Waals surface area contributed by atoms with Gasteiger partial charge < -0.3 is 10.1 Å². The Labute approximate surface area is 92.5 Å². The smallest absolute Gasteiger partial charge is 0.303 e. The summed E-state index contributed by atoms with van der Waals surface area (Å²) in [7, 11) is 0. The highest BCUT2D eigenvalue weighted by Gasteiger charge is 2.15. The molecular formula is C11H13N3O2. The maximum atomic E-state index is 10.7. The predicted molar refractivity (Wildman–Crippen MR) is 59.3 cm³/mol. The lowest BCUT2D eigenvalue weighted by Crippen LogP contribution is -2.03. The molecule has 0 amide bonds. The Morgan fingerprint density at radius 1 is 1.62 bits per heavy atom. The van der Waals surface area contributed by atoms with Crippen molar-refractivity contribution in [3.8, 4) is 0 Å². The van der Waals surface area contributed by atoms with E-state index in [2.05, 4.69) is 15.0 Å². The van der Waals surface area contributed by atoms with Gasteiger partial charge in [0.2, 0.25) is 0 Å². The van der Waals surface area contributed by atoms with E-state index >= 15 is 0 Å². The monoisotopic (exact) mass is 219 g/mol. The van der Waals surface area contributed by atoms with Crippen LogP contribution in [0.5, 0.6) is 0 Å². The number of fused-ring (bicyclic) bond motifs is 1. The number of carboxylic acid groups (broad SMARTS) is 1. The van der Waals surface area contributed by atoms with Gasteiger partial charge in [0, 0.05) is 6.20 Å². The van der Waals surface area contributed by atoms with Crippen molar-refractivity contribution in [1.82, 2.24) is 15.0 Å². The Morgan fingerprint density at radius 2 is 2.38 bits per heavy atom. The van der Waals surface area contributed by atoms with E-state index in [1.165, 1.54) is 0 Å². The van der Waals surface area contributed by atoms with Crippen molar-refractivity contribution >= 4 is 17.1 Å². The molecule has 0 aromatic carbocycles. The molecule has 2 aromatic heterocycles. The van der Waals surface area contributed by atoms with Crippen molar-refractivity contribution in [3.63, 3.8) is 0 Å². The molecule has 16 heavy (non-hydrogen) atoms. The van der Waals surface area contributed by atoms with Gasteiger partial charge in [0.1, 0.15) is 5.82 Å². The van der Waals surface area contributed by atoms with E-state index in [0.717, 1.165) is 16.9 Å². The van der Waals surface area contributed by atoms with E-state index in [4.69, 9.17) is 5.11 Å². The highest BCUT2D eigenvalue weighted by atomic mass is 16.4. The average molecular weight is 219 g/mol. The third-order valence-electron chi connectivity index (χ3n) is 2.55. The van der Waals surface area contributed by atoms with Gasteiger partial charge in [-0.15, -0.1) is 0 Å². The Kier molecular flexibility index (Phi) is 2.60. The normalized spacial score (nSPS) is 12.9. The summed E-state index contributed by atoms with van der Waals surface area (Å²) in [5.74, 6) is -0.0611. The third kappa shape index (κ3) is 1.88. The number of carbonyl (C=O) groups is 1. The zero-order chi connectivity index (χ0) is 11.7. The van der Waals surface area contributed by atoms with Gasteiger partial charge in [0.05, 0.1) is 11.9 Å². The largest absolute Gasteiger partial charge is 0.481 e. The fourth-order valence-corrected chi connectivity index (χ4v) is 1.83. The second kappa shape index (κ2) is 3.92. The van der Waals surface area contributed by atoms with Crippen molar-refractivity contribution < 1.29 is 9.90 Å². The van der Waals surface area contributed by atoms with Crippen molar-refractivity contribution in [2.45, 2.75) is 26.2 Å². The molecule has 1 atom stereocenters. The quantitative estimate of drug-likeness (QED) is 0.825. The van der Waals surface area contributed by atoms with E-state index < -0.39 is 5.97 Å². The number of pyridine rings is 1. The van der Waals surface area contributed by atoms with Crippen LogP contribution in [0.4, 0.5) is 0 Å². The first-order valence-corrected chi connectivity index (χ1v) is 5.11. The summed E-state index contributed by atoms with van der Waals surface area (Å²) in [5.41, 5.74) is 2.44. The minimum absolute atomic E-state index is 0.0529. The van der Waals surface area contributed by atoms with Gasteiger partial charge in [0.15, 0.2) is 5.65 Å². The maximum Gasteiger partial charge on any atom is 0.303 e. The van der Waals surface area contributed by atoms with E-state index in [1.807, 2.05) is 19.9 Å². The number of nitrogens with zero attached hydrogens (tertiary/aromatic N) is 2. The van der Waals surface area contributed by atoms with Gasteiger partial charge in [-0.05, 0) is 24.5 Å². The Bertz CT molecular complexity index is 533. The highest BCUT2D eigenvalue weighted by molar-refractivity contribution is 5.76. The number of rotatable bonds is 3. The first-order valence-electron chi connectivity index (χ1n) is 5.11. The van der Waals surface area contributed by atoms with E-state index in [9.17, 15) is 4.79 Å². The fraction of sp³-hybridized carbons (Fsp3) is 0.364.